The van der Waals surface area contributed by atoms with Crippen LogP contribution in [0.3, 0.4) is 0 Å². The number of aromatic nitrogens is 2. The van der Waals surface area contributed by atoms with E-state index in [1.807, 2.05) is 17.9 Å². The monoisotopic (exact) mass is 349 g/mol. The number of nitrogens with zero attached hydrogens (tertiary/aromatic N) is 2. The van der Waals surface area contributed by atoms with Gasteiger partial charge in [0.15, 0.2) is 0 Å². The highest BCUT2D eigenvalue weighted by Crippen LogP contribution is 2.23. The molecule has 1 unspecified atom stereocenters. The van der Waals surface area contributed by atoms with Crippen molar-refractivity contribution in [2.45, 2.75) is 26.2 Å². The highest BCUT2D eigenvalue weighted by Gasteiger charge is 2.14. The molecule has 0 aliphatic rings. The molecule has 0 saturated carbocycles. The smallest absolute Gasteiger partial charge is 0.0521 e. The lowest BCUT2D eigenvalue weighted by Gasteiger charge is -2.19. The predicted octanol–water partition coefficient (Wildman–Crippen LogP) is 3.75. The Hall–Kier alpha value is -1.13. The Bertz CT molecular complexity index is 563. The van der Waals surface area contributed by atoms with Gasteiger partial charge >= 0.3 is 0 Å². The summed E-state index contributed by atoms with van der Waals surface area (Å²) in [5.74, 6) is 1.14. The van der Waals surface area contributed by atoms with E-state index in [0.717, 1.165) is 24.0 Å². The molecule has 0 fully saturated rings. The van der Waals surface area contributed by atoms with Crippen molar-refractivity contribution < 1.29 is 0 Å². The molecule has 0 saturated heterocycles. The lowest BCUT2D eigenvalue weighted by Crippen LogP contribution is -2.26. The Kier molecular flexibility index (Phi) is 6.00. The van der Waals surface area contributed by atoms with Crippen LogP contribution in [0.4, 0.5) is 0 Å². The molecule has 4 heteroatoms. The van der Waals surface area contributed by atoms with Crippen LogP contribution in [0.15, 0.2) is 41.1 Å². The van der Waals surface area contributed by atoms with Gasteiger partial charge in [0.05, 0.1) is 6.20 Å². The van der Waals surface area contributed by atoms with E-state index in [2.05, 4.69) is 70.7 Å². The third kappa shape index (κ3) is 5.29. The zero-order chi connectivity index (χ0) is 15.2. The van der Waals surface area contributed by atoms with Crippen LogP contribution in [0, 0.1) is 5.92 Å². The number of rotatable bonds is 7. The fraction of sp³-hybridized carbons (Fsp3) is 0.471. The normalized spacial score (nSPS) is 12.8. The topological polar surface area (TPSA) is 29.9 Å². The largest absolute Gasteiger partial charge is 0.316 e. The van der Waals surface area contributed by atoms with Crippen LogP contribution in [0.2, 0.25) is 0 Å². The third-order valence-corrected chi connectivity index (χ3v) is 4.00. The van der Waals surface area contributed by atoms with Crippen molar-refractivity contribution in [2.75, 3.05) is 13.1 Å². The molecule has 1 N–H and O–H groups in total. The number of hydrogen-bond acceptors (Lipinski definition) is 2. The van der Waals surface area contributed by atoms with Crippen molar-refractivity contribution in [3.8, 4) is 0 Å². The van der Waals surface area contributed by atoms with Gasteiger partial charge in [0.1, 0.15) is 0 Å². The summed E-state index contributed by atoms with van der Waals surface area (Å²) in [6.45, 7) is 6.52. The van der Waals surface area contributed by atoms with E-state index in [4.69, 9.17) is 0 Å². The van der Waals surface area contributed by atoms with Crippen molar-refractivity contribution >= 4 is 15.9 Å². The predicted molar refractivity (Wildman–Crippen MR) is 91.5 cm³/mol. The van der Waals surface area contributed by atoms with Crippen LogP contribution >= 0.6 is 15.9 Å². The fourth-order valence-corrected chi connectivity index (χ4v) is 2.89. The fourth-order valence-electron chi connectivity index (χ4n) is 2.48. The minimum atomic E-state index is 0.463. The van der Waals surface area contributed by atoms with Gasteiger partial charge in [-0.1, -0.05) is 41.9 Å². The average Bonchev–Trinajstić information content (AvgIpc) is 2.83. The van der Waals surface area contributed by atoms with Gasteiger partial charge in [-0.3, -0.25) is 4.68 Å². The van der Waals surface area contributed by atoms with Gasteiger partial charge in [-0.05, 0) is 42.1 Å². The molecule has 1 aromatic carbocycles. The summed E-state index contributed by atoms with van der Waals surface area (Å²) >= 11 is 3.57. The molecular formula is C17H24BrN3. The first-order valence-electron chi connectivity index (χ1n) is 7.48. The van der Waals surface area contributed by atoms with Crippen LogP contribution in [0.25, 0.3) is 0 Å². The molecule has 0 bridgehead atoms. The molecule has 2 aromatic rings. The molecule has 0 spiro atoms. The summed E-state index contributed by atoms with van der Waals surface area (Å²) < 4.78 is 3.01. The summed E-state index contributed by atoms with van der Waals surface area (Å²) in [6.07, 6.45) is 5.08. The molecular weight excluding hydrogens is 326 g/mol. The molecule has 2 rings (SSSR count). The quantitative estimate of drug-likeness (QED) is 0.824. The molecule has 21 heavy (non-hydrogen) atoms. The summed E-state index contributed by atoms with van der Waals surface area (Å²) in [6, 6.07) is 8.62. The first-order chi connectivity index (χ1) is 10.0. The lowest BCUT2D eigenvalue weighted by atomic mass is 9.93. The lowest BCUT2D eigenvalue weighted by molar-refractivity contribution is 0.514. The van der Waals surface area contributed by atoms with E-state index in [-0.39, 0.29) is 0 Å². The molecule has 3 nitrogen and oxygen atoms in total. The van der Waals surface area contributed by atoms with Crippen molar-refractivity contribution in [1.29, 1.82) is 0 Å². The van der Waals surface area contributed by atoms with Crippen LogP contribution in [-0.4, -0.2) is 22.9 Å². The number of halogens is 1. The standard InChI is InChI=1S/C17H24BrN3/c1-13(2)9-19-11-16(7-14-10-20-21(3)12-14)15-5-4-6-17(18)8-15/h4-6,8,10,12-13,16,19H,7,9,11H2,1-3H3. The molecule has 1 heterocycles. The maximum atomic E-state index is 4.28. The number of benzene rings is 1. The van der Waals surface area contributed by atoms with Gasteiger partial charge in [0.2, 0.25) is 0 Å². The first kappa shape index (κ1) is 16.2. The van der Waals surface area contributed by atoms with E-state index < -0.39 is 0 Å². The van der Waals surface area contributed by atoms with Crippen LogP contribution in [-0.2, 0) is 13.5 Å². The van der Waals surface area contributed by atoms with Gasteiger partial charge in [-0.2, -0.15) is 5.10 Å². The number of aryl methyl sites for hydroxylation is 1. The van der Waals surface area contributed by atoms with Gasteiger partial charge in [0.25, 0.3) is 0 Å². The molecule has 0 amide bonds. The van der Waals surface area contributed by atoms with E-state index in [0.29, 0.717) is 11.8 Å². The van der Waals surface area contributed by atoms with Crippen molar-refractivity contribution in [3.63, 3.8) is 0 Å². The highest BCUT2D eigenvalue weighted by molar-refractivity contribution is 9.10. The van der Waals surface area contributed by atoms with Gasteiger partial charge < -0.3 is 5.32 Å². The Morgan fingerprint density at radius 1 is 1.29 bits per heavy atom. The van der Waals surface area contributed by atoms with Crippen molar-refractivity contribution in [3.05, 3.63) is 52.3 Å². The second-order valence-electron chi connectivity index (χ2n) is 6.03. The van der Waals surface area contributed by atoms with Gasteiger partial charge in [0, 0.05) is 30.2 Å². The first-order valence-corrected chi connectivity index (χ1v) is 8.27. The number of hydrogen-bond donors (Lipinski definition) is 1. The van der Waals surface area contributed by atoms with E-state index in [9.17, 15) is 0 Å². The van der Waals surface area contributed by atoms with Gasteiger partial charge in [-0.25, -0.2) is 0 Å². The second-order valence-corrected chi connectivity index (χ2v) is 6.95. The zero-order valence-electron chi connectivity index (χ0n) is 13.0. The van der Waals surface area contributed by atoms with Crippen LogP contribution < -0.4 is 5.32 Å². The number of nitrogens with one attached hydrogen (secondary N) is 1. The van der Waals surface area contributed by atoms with E-state index in [1.54, 1.807) is 0 Å². The molecule has 1 aromatic heterocycles. The van der Waals surface area contributed by atoms with Crippen LogP contribution in [0.5, 0.6) is 0 Å². The Morgan fingerprint density at radius 2 is 2.10 bits per heavy atom. The van der Waals surface area contributed by atoms with Crippen molar-refractivity contribution in [2.24, 2.45) is 13.0 Å². The minimum Gasteiger partial charge on any atom is -0.316 e. The van der Waals surface area contributed by atoms with E-state index in [1.165, 1.54) is 11.1 Å². The second kappa shape index (κ2) is 7.76. The summed E-state index contributed by atoms with van der Waals surface area (Å²) in [7, 11) is 1.97. The van der Waals surface area contributed by atoms with E-state index >= 15 is 0 Å². The van der Waals surface area contributed by atoms with Crippen molar-refractivity contribution in [1.82, 2.24) is 15.1 Å². The van der Waals surface area contributed by atoms with Crippen LogP contribution in [0.1, 0.15) is 30.9 Å². The molecule has 1 atom stereocenters. The average molecular weight is 350 g/mol. The summed E-state index contributed by atoms with van der Waals surface area (Å²) in [5.41, 5.74) is 2.65. The molecule has 0 aliphatic heterocycles. The third-order valence-electron chi connectivity index (χ3n) is 3.50. The molecule has 0 radical (unpaired) electrons. The minimum absolute atomic E-state index is 0.463. The maximum Gasteiger partial charge on any atom is 0.0521 e. The molecule has 114 valence electrons. The maximum absolute atomic E-state index is 4.28. The zero-order valence-corrected chi connectivity index (χ0v) is 14.6. The Morgan fingerprint density at radius 3 is 2.71 bits per heavy atom. The van der Waals surface area contributed by atoms with Gasteiger partial charge in [-0.15, -0.1) is 0 Å². The Balaban J connectivity index is 2.09. The summed E-state index contributed by atoms with van der Waals surface area (Å²) in [5, 5.41) is 7.86. The Labute approximate surface area is 135 Å². The summed E-state index contributed by atoms with van der Waals surface area (Å²) in [4.78, 5) is 0. The SMILES string of the molecule is CC(C)CNCC(Cc1cnn(C)c1)c1cccc(Br)c1. The highest BCUT2D eigenvalue weighted by atomic mass is 79.9. The molecule has 0 aliphatic carbocycles.